The Morgan fingerprint density at radius 3 is 1.47 bits per heavy atom. The third-order valence-electron chi connectivity index (χ3n) is 8.14. The Morgan fingerprint density at radius 1 is 0.509 bits per heavy atom. The van der Waals surface area contributed by atoms with Crippen molar-refractivity contribution in [3.05, 3.63) is 136 Å². The molecule has 0 N–H and O–H groups in total. The first-order valence-electron chi connectivity index (χ1n) is 18.4. The Kier molecular flexibility index (Phi) is 18.2. The number of benzene rings is 1. The van der Waals surface area contributed by atoms with Crippen molar-refractivity contribution in [2.24, 2.45) is 20.6 Å². The molecule has 0 saturated carbocycles. The number of nitrogens with zero attached hydrogens (tertiary/aromatic N) is 8. The molecule has 0 unspecified atom stereocenters. The van der Waals surface area contributed by atoms with Gasteiger partial charge in [-0.15, -0.1) is 0 Å². The van der Waals surface area contributed by atoms with Crippen LogP contribution in [0.25, 0.3) is 11.3 Å². The van der Waals surface area contributed by atoms with E-state index in [2.05, 4.69) is 51.5 Å². The number of aryl methyl sites for hydroxylation is 2. The molecule has 0 saturated heterocycles. The van der Waals surface area contributed by atoms with E-state index in [9.17, 15) is 0 Å². The summed E-state index contributed by atoms with van der Waals surface area (Å²) >= 11 is 3.34. The smallest absolute Gasteiger partial charge is 0.128 e. The normalized spacial score (nSPS) is 12.0. The standard InChI is InChI=1S/C25H28N4O3.C18H21BrN4O2/c1-18(28-31-4)22-13-7-10-20(26-22)11-9-17-32-29-19(2)23-14-8-15-24(27-23)21-12-5-6-16-25(21)30-3;1-13(22-24-3)16-9-4-7-15(20-16)8-6-12-25-23-14(2)17-10-5-11-18(19)21-17/h5-8,10,12-16H,9,11,17H2,1-4H3;4-5,7,9-11H,6,8,12H2,1-3H3/b28-18+,29-19+;22-13+,23-14+. The first-order chi connectivity index (χ1) is 27.7. The number of rotatable bonds is 18. The molecule has 5 aromatic rings. The minimum absolute atomic E-state index is 0.487. The van der Waals surface area contributed by atoms with Crippen molar-refractivity contribution in [1.29, 1.82) is 0 Å². The Labute approximate surface area is 343 Å². The molecule has 5 rings (SSSR count). The van der Waals surface area contributed by atoms with Gasteiger partial charge in [0.2, 0.25) is 0 Å². The van der Waals surface area contributed by atoms with E-state index >= 15 is 0 Å². The van der Waals surface area contributed by atoms with Crippen molar-refractivity contribution in [2.45, 2.75) is 53.4 Å². The largest absolute Gasteiger partial charge is 0.496 e. The highest BCUT2D eigenvalue weighted by Crippen LogP contribution is 2.28. The molecule has 0 atom stereocenters. The van der Waals surface area contributed by atoms with Crippen LogP contribution in [0.2, 0.25) is 0 Å². The first kappa shape index (κ1) is 43.7. The maximum atomic E-state index is 5.53. The van der Waals surface area contributed by atoms with Crippen LogP contribution in [0, 0.1) is 0 Å². The lowest BCUT2D eigenvalue weighted by Gasteiger charge is -2.09. The molecule has 14 heteroatoms. The molecular formula is C43H49BrN8O5. The van der Waals surface area contributed by atoms with Crippen molar-refractivity contribution < 1.29 is 24.1 Å². The fraction of sp³-hybridized carbons (Fsp3) is 0.302. The van der Waals surface area contributed by atoms with Gasteiger partial charge in [0.1, 0.15) is 60.6 Å². The van der Waals surface area contributed by atoms with E-state index in [0.717, 1.165) is 98.6 Å². The number of ether oxygens (including phenoxy) is 1. The highest BCUT2D eigenvalue weighted by atomic mass is 79.9. The lowest BCUT2D eigenvalue weighted by molar-refractivity contribution is 0.141. The zero-order valence-corrected chi connectivity index (χ0v) is 35.1. The molecule has 0 radical (unpaired) electrons. The predicted molar refractivity (Wildman–Crippen MR) is 228 cm³/mol. The summed E-state index contributed by atoms with van der Waals surface area (Å²) in [5.74, 6) is 0.782. The topological polar surface area (TPSA) is 147 Å². The third-order valence-corrected chi connectivity index (χ3v) is 8.58. The number of hydrogen-bond acceptors (Lipinski definition) is 13. The predicted octanol–water partition coefficient (Wildman–Crippen LogP) is 8.88. The van der Waals surface area contributed by atoms with Crippen molar-refractivity contribution in [3.63, 3.8) is 0 Å². The second kappa shape index (κ2) is 23.8. The van der Waals surface area contributed by atoms with Gasteiger partial charge in [-0.3, -0.25) is 9.97 Å². The molecule has 0 aliphatic rings. The highest BCUT2D eigenvalue weighted by Gasteiger charge is 2.09. The molecule has 4 aromatic heterocycles. The average Bonchev–Trinajstić information content (AvgIpc) is 3.24. The van der Waals surface area contributed by atoms with E-state index in [1.165, 1.54) is 14.2 Å². The van der Waals surface area contributed by atoms with Gasteiger partial charge in [0, 0.05) is 17.0 Å². The van der Waals surface area contributed by atoms with Crippen LogP contribution in [-0.4, -0.2) is 77.3 Å². The van der Waals surface area contributed by atoms with Gasteiger partial charge >= 0.3 is 0 Å². The van der Waals surface area contributed by atoms with Crippen LogP contribution >= 0.6 is 15.9 Å². The molecule has 0 aliphatic heterocycles. The van der Waals surface area contributed by atoms with E-state index in [1.807, 2.05) is 125 Å². The second-order valence-corrected chi connectivity index (χ2v) is 13.2. The van der Waals surface area contributed by atoms with Gasteiger partial charge in [0.05, 0.1) is 35.6 Å². The Bertz CT molecular complexity index is 2160. The second-order valence-electron chi connectivity index (χ2n) is 12.4. The number of hydrogen-bond donors (Lipinski definition) is 0. The van der Waals surface area contributed by atoms with Crippen LogP contribution in [0.1, 0.15) is 74.7 Å². The van der Waals surface area contributed by atoms with Crippen molar-refractivity contribution in [2.75, 3.05) is 34.5 Å². The summed E-state index contributed by atoms with van der Waals surface area (Å²) in [5, 5.41) is 16.2. The molecule has 298 valence electrons. The number of aromatic nitrogens is 4. The minimum Gasteiger partial charge on any atom is -0.496 e. The molecule has 0 bridgehead atoms. The summed E-state index contributed by atoms with van der Waals surface area (Å²) in [6.45, 7) is 8.50. The van der Waals surface area contributed by atoms with Crippen LogP contribution in [0.15, 0.2) is 122 Å². The summed E-state index contributed by atoms with van der Waals surface area (Å²) in [6.07, 6.45) is 3.20. The molecule has 0 spiro atoms. The van der Waals surface area contributed by atoms with Crippen LogP contribution in [0.4, 0.5) is 0 Å². The monoisotopic (exact) mass is 836 g/mol. The van der Waals surface area contributed by atoms with Gasteiger partial charge in [-0.05, 0) is 130 Å². The van der Waals surface area contributed by atoms with Crippen LogP contribution in [-0.2, 0) is 32.2 Å². The maximum absolute atomic E-state index is 5.53. The number of halogens is 1. The van der Waals surface area contributed by atoms with E-state index in [-0.39, 0.29) is 0 Å². The van der Waals surface area contributed by atoms with Crippen molar-refractivity contribution in [3.8, 4) is 17.0 Å². The molecule has 57 heavy (non-hydrogen) atoms. The lowest BCUT2D eigenvalue weighted by atomic mass is 10.1. The summed E-state index contributed by atoms with van der Waals surface area (Å²) < 4.78 is 6.22. The van der Waals surface area contributed by atoms with Crippen LogP contribution in [0.3, 0.4) is 0 Å². The molecular weight excluding hydrogens is 788 g/mol. The van der Waals surface area contributed by atoms with Crippen molar-refractivity contribution >= 4 is 38.8 Å². The average molecular weight is 838 g/mol. The summed E-state index contributed by atoms with van der Waals surface area (Å²) in [4.78, 5) is 38.7. The van der Waals surface area contributed by atoms with Gasteiger partial charge in [-0.1, -0.05) is 57.0 Å². The minimum atomic E-state index is 0.487. The van der Waals surface area contributed by atoms with Gasteiger partial charge in [0.15, 0.2) is 0 Å². The SMILES string of the molecule is CO/N=C(\C)c1cccc(CCCO/N=C(\C)c2cccc(-c3ccccc3OC)n2)n1.CO/N=C(\C)c1cccc(CCCO/N=C(\C)c2cccc(Br)n2)n1. The highest BCUT2D eigenvalue weighted by molar-refractivity contribution is 9.10. The fourth-order valence-corrected chi connectivity index (χ4v) is 5.62. The van der Waals surface area contributed by atoms with Gasteiger partial charge < -0.3 is 24.1 Å². The molecule has 0 aliphatic carbocycles. The fourth-order valence-electron chi connectivity index (χ4n) is 5.27. The summed E-state index contributed by atoms with van der Waals surface area (Å²) in [6, 6.07) is 31.1. The molecule has 0 amide bonds. The summed E-state index contributed by atoms with van der Waals surface area (Å²) in [5.41, 5.74) is 9.85. The zero-order valence-electron chi connectivity index (χ0n) is 33.5. The molecule has 0 fully saturated rings. The number of methoxy groups -OCH3 is 1. The lowest BCUT2D eigenvalue weighted by Crippen LogP contribution is -2.04. The number of para-hydroxylation sites is 1. The van der Waals surface area contributed by atoms with E-state index in [1.54, 1.807) is 7.11 Å². The Balaban J connectivity index is 0.000000261. The number of pyridine rings is 4. The third kappa shape index (κ3) is 14.5. The zero-order chi connectivity index (χ0) is 40.8. The molecule has 13 nitrogen and oxygen atoms in total. The van der Waals surface area contributed by atoms with Crippen molar-refractivity contribution in [1.82, 2.24) is 19.9 Å². The van der Waals surface area contributed by atoms with Crippen LogP contribution in [0.5, 0.6) is 5.75 Å². The quantitative estimate of drug-likeness (QED) is 0.0365. The summed E-state index contributed by atoms with van der Waals surface area (Å²) in [7, 11) is 4.71. The Hall–Kier alpha value is -6.02. The maximum Gasteiger partial charge on any atom is 0.128 e. The van der Waals surface area contributed by atoms with E-state index < -0.39 is 0 Å². The molecule has 1 aromatic carbocycles. The van der Waals surface area contributed by atoms with Gasteiger partial charge in [-0.25, -0.2) is 9.97 Å². The Morgan fingerprint density at radius 2 is 0.965 bits per heavy atom. The van der Waals surface area contributed by atoms with Gasteiger partial charge in [0.25, 0.3) is 0 Å². The van der Waals surface area contributed by atoms with Gasteiger partial charge in [-0.2, -0.15) is 0 Å². The van der Waals surface area contributed by atoms with E-state index in [0.29, 0.717) is 18.9 Å². The number of oxime groups is 4. The van der Waals surface area contributed by atoms with E-state index in [4.69, 9.17) is 29.1 Å². The first-order valence-corrected chi connectivity index (χ1v) is 19.2. The molecule has 4 heterocycles. The van der Waals surface area contributed by atoms with Crippen LogP contribution < -0.4 is 4.74 Å².